The predicted octanol–water partition coefficient (Wildman–Crippen LogP) is 2.39. The molecule has 29 heavy (non-hydrogen) atoms. The molecular formula is C20H23N7O2. The molecule has 0 aliphatic rings. The highest BCUT2D eigenvalue weighted by molar-refractivity contribution is 5.76. The highest BCUT2D eigenvalue weighted by Crippen LogP contribution is 2.19. The van der Waals surface area contributed by atoms with Gasteiger partial charge in [-0.1, -0.05) is 0 Å². The summed E-state index contributed by atoms with van der Waals surface area (Å²) < 4.78 is 8.96. The average molecular weight is 393 g/mol. The number of aryl methyl sites for hydroxylation is 3. The molecule has 0 aromatic carbocycles. The third kappa shape index (κ3) is 3.75. The van der Waals surface area contributed by atoms with Crippen molar-refractivity contribution in [3.05, 3.63) is 58.6 Å². The molecule has 150 valence electrons. The van der Waals surface area contributed by atoms with Gasteiger partial charge in [0.25, 0.3) is 0 Å². The Labute approximate surface area is 167 Å². The molecule has 4 aromatic heterocycles. The van der Waals surface area contributed by atoms with Gasteiger partial charge < -0.3 is 9.73 Å². The maximum absolute atomic E-state index is 12.2. The summed E-state index contributed by atoms with van der Waals surface area (Å²) >= 11 is 0. The molecule has 0 aliphatic carbocycles. The Bertz CT molecular complexity index is 1190. The molecule has 0 bridgehead atoms. The SMILES string of the molecule is Cc1ccc(CNC(=O)CCc2c(C)nn(-c3ccc4nnc(C)n4n3)c2C)o1. The number of amides is 1. The molecule has 0 saturated carbocycles. The molecule has 4 rings (SSSR count). The number of fused-ring (bicyclic) bond motifs is 1. The predicted molar refractivity (Wildman–Crippen MR) is 106 cm³/mol. The van der Waals surface area contributed by atoms with E-state index < -0.39 is 0 Å². The first kappa shape index (κ1) is 18.9. The maximum atomic E-state index is 12.2. The van der Waals surface area contributed by atoms with Gasteiger partial charge in [0.15, 0.2) is 17.3 Å². The van der Waals surface area contributed by atoms with E-state index in [1.54, 1.807) is 9.20 Å². The summed E-state index contributed by atoms with van der Waals surface area (Å²) in [6.07, 6.45) is 0.985. The number of aromatic nitrogens is 6. The van der Waals surface area contributed by atoms with Gasteiger partial charge in [0.05, 0.1) is 12.2 Å². The third-order valence-corrected chi connectivity index (χ3v) is 4.92. The lowest BCUT2D eigenvalue weighted by Gasteiger charge is -2.06. The summed E-state index contributed by atoms with van der Waals surface area (Å²) in [5, 5.41) is 20.2. The topological polar surface area (TPSA) is 103 Å². The summed E-state index contributed by atoms with van der Waals surface area (Å²) in [5.74, 6) is 2.96. The van der Waals surface area contributed by atoms with Gasteiger partial charge in [0.2, 0.25) is 5.91 Å². The van der Waals surface area contributed by atoms with Gasteiger partial charge in [-0.05, 0) is 63.9 Å². The largest absolute Gasteiger partial charge is 0.465 e. The van der Waals surface area contributed by atoms with Crippen LogP contribution >= 0.6 is 0 Å². The quantitative estimate of drug-likeness (QED) is 0.539. The van der Waals surface area contributed by atoms with E-state index in [9.17, 15) is 4.79 Å². The van der Waals surface area contributed by atoms with Gasteiger partial charge in [-0.3, -0.25) is 4.79 Å². The summed E-state index contributed by atoms with van der Waals surface area (Å²) in [6.45, 7) is 8.07. The van der Waals surface area contributed by atoms with Crippen molar-refractivity contribution in [2.75, 3.05) is 0 Å². The van der Waals surface area contributed by atoms with Crippen LogP contribution in [0.4, 0.5) is 0 Å². The molecule has 0 spiro atoms. The number of hydrogen-bond acceptors (Lipinski definition) is 6. The molecular weight excluding hydrogens is 370 g/mol. The van der Waals surface area contributed by atoms with Crippen LogP contribution in [0.15, 0.2) is 28.7 Å². The first-order valence-electron chi connectivity index (χ1n) is 9.49. The van der Waals surface area contributed by atoms with Crippen molar-refractivity contribution in [3.8, 4) is 5.82 Å². The first-order chi connectivity index (χ1) is 13.9. The standard InChI is InChI=1S/C20H23N7O2/c1-12-5-6-16(29-12)11-21-20(28)10-7-17-13(2)24-26(14(17)3)19-9-8-18-23-22-15(4)27(18)25-19/h5-6,8-9H,7,10-11H2,1-4H3,(H,21,28). The number of nitrogens with one attached hydrogen (secondary N) is 1. The van der Waals surface area contributed by atoms with Gasteiger partial charge in [-0.25, -0.2) is 4.68 Å². The lowest BCUT2D eigenvalue weighted by Crippen LogP contribution is -2.22. The second kappa shape index (κ2) is 7.50. The molecule has 0 fully saturated rings. The lowest BCUT2D eigenvalue weighted by molar-refractivity contribution is -0.121. The van der Waals surface area contributed by atoms with Crippen molar-refractivity contribution in [1.82, 2.24) is 34.9 Å². The number of hydrogen-bond donors (Lipinski definition) is 1. The van der Waals surface area contributed by atoms with E-state index in [2.05, 4.69) is 25.7 Å². The Hall–Kier alpha value is -3.49. The Morgan fingerprint density at radius 1 is 1.07 bits per heavy atom. The molecule has 9 heteroatoms. The zero-order chi connectivity index (χ0) is 20.5. The van der Waals surface area contributed by atoms with E-state index in [-0.39, 0.29) is 5.91 Å². The van der Waals surface area contributed by atoms with Gasteiger partial charge in [-0.2, -0.15) is 9.61 Å². The molecule has 1 N–H and O–H groups in total. The smallest absolute Gasteiger partial charge is 0.220 e. The van der Waals surface area contributed by atoms with Crippen LogP contribution in [0.2, 0.25) is 0 Å². The molecule has 0 aliphatic heterocycles. The van der Waals surface area contributed by atoms with Gasteiger partial charge >= 0.3 is 0 Å². The Morgan fingerprint density at radius 2 is 1.90 bits per heavy atom. The van der Waals surface area contributed by atoms with Crippen LogP contribution < -0.4 is 5.32 Å². The van der Waals surface area contributed by atoms with E-state index >= 15 is 0 Å². The summed E-state index contributed by atoms with van der Waals surface area (Å²) in [4.78, 5) is 12.2. The molecule has 4 heterocycles. The zero-order valence-electron chi connectivity index (χ0n) is 16.9. The van der Waals surface area contributed by atoms with Crippen LogP contribution in [0.25, 0.3) is 11.5 Å². The highest BCUT2D eigenvalue weighted by atomic mass is 16.3. The van der Waals surface area contributed by atoms with E-state index in [0.717, 1.165) is 28.5 Å². The number of furan rings is 1. The van der Waals surface area contributed by atoms with Crippen molar-refractivity contribution < 1.29 is 9.21 Å². The average Bonchev–Trinajstić information content (AvgIpc) is 3.37. The van der Waals surface area contributed by atoms with Crippen LogP contribution in [0.3, 0.4) is 0 Å². The number of nitrogens with zero attached hydrogens (tertiary/aromatic N) is 6. The van der Waals surface area contributed by atoms with Crippen molar-refractivity contribution in [2.45, 2.75) is 47.1 Å². The molecule has 9 nitrogen and oxygen atoms in total. The molecule has 0 unspecified atom stereocenters. The minimum Gasteiger partial charge on any atom is -0.465 e. The Balaban J connectivity index is 1.46. The van der Waals surface area contributed by atoms with Crippen LogP contribution in [0.5, 0.6) is 0 Å². The number of carbonyl (C=O) groups excluding carboxylic acids is 1. The minimum atomic E-state index is -0.0229. The minimum absolute atomic E-state index is 0.0229. The summed E-state index contributed by atoms with van der Waals surface area (Å²) in [7, 11) is 0. The number of carbonyl (C=O) groups is 1. The zero-order valence-corrected chi connectivity index (χ0v) is 16.9. The van der Waals surface area contributed by atoms with Crippen LogP contribution in [-0.2, 0) is 17.8 Å². The van der Waals surface area contributed by atoms with Crippen molar-refractivity contribution in [1.29, 1.82) is 0 Å². The number of rotatable bonds is 6. The summed E-state index contributed by atoms with van der Waals surface area (Å²) in [5.41, 5.74) is 3.60. The first-order valence-corrected chi connectivity index (χ1v) is 9.49. The van der Waals surface area contributed by atoms with E-state index in [0.29, 0.717) is 36.7 Å². The highest BCUT2D eigenvalue weighted by Gasteiger charge is 2.16. The third-order valence-electron chi connectivity index (χ3n) is 4.92. The van der Waals surface area contributed by atoms with Gasteiger partial charge in [0.1, 0.15) is 11.5 Å². The second-order valence-corrected chi connectivity index (χ2v) is 7.06. The molecule has 0 atom stereocenters. The fourth-order valence-electron chi connectivity index (χ4n) is 3.35. The molecule has 0 radical (unpaired) electrons. The van der Waals surface area contributed by atoms with Crippen LogP contribution in [-0.4, -0.2) is 35.5 Å². The van der Waals surface area contributed by atoms with Crippen LogP contribution in [0.1, 0.15) is 40.7 Å². The van der Waals surface area contributed by atoms with E-state index in [1.165, 1.54) is 0 Å². The monoisotopic (exact) mass is 393 g/mol. The van der Waals surface area contributed by atoms with Gasteiger partial charge in [-0.15, -0.1) is 15.3 Å². The Morgan fingerprint density at radius 3 is 2.66 bits per heavy atom. The fourth-order valence-corrected chi connectivity index (χ4v) is 3.35. The van der Waals surface area contributed by atoms with Crippen LogP contribution in [0, 0.1) is 27.7 Å². The molecule has 4 aromatic rings. The van der Waals surface area contributed by atoms with E-state index in [1.807, 2.05) is 52.0 Å². The molecule has 0 saturated heterocycles. The van der Waals surface area contributed by atoms with Crippen molar-refractivity contribution >= 4 is 11.6 Å². The summed E-state index contributed by atoms with van der Waals surface area (Å²) in [6, 6.07) is 7.48. The lowest BCUT2D eigenvalue weighted by atomic mass is 10.1. The maximum Gasteiger partial charge on any atom is 0.220 e. The Kier molecular flexibility index (Phi) is 4.87. The second-order valence-electron chi connectivity index (χ2n) is 7.06. The normalized spacial score (nSPS) is 11.3. The van der Waals surface area contributed by atoms with Crippen molar-refractivity contribution in [2.24, 2.45) is 0 Å². The van der Waals surface area contributed by atoms with E-state index in [4.69, 9.17) is 4.42 Å². The molecule has 1 amide bonds. The fraction of sp³-hybridized carbons (Fsp3) is 0.350. The van der Waals surface area contributed by atoms with Gasteiger partial charge in [0, 0.05) is 12.1 Å². The van der Waals surface area contributed by atoms with Crippen molar-refractivity contribution in [3.63, 3.8) is 0 Å².